The van der Waals surface area contributed by atoms with Crippen molar-refractivity contribution in [2.24, 2.45) is 5.16 Å². The molecule has 1 aromatic rings. The zero-order valence-corrected chi connectivity index (χ0v) is 8.37. The third-order valence-corrected chi connectivity index (χ3v) is 3.04. The molecule has 0 aliphatic carbocycles. The van der Waals surface area contributed by atoms with E-state index in [1.165, 1.54) is 18.3 Å². The van der Waals surface area contributed by atoms with Crippen LogP contribution in [0.4, 0.5) is 0 Å². The first-order valence-corrected chi connectivity index (χ1v) is 5.02. The number of carbonyl (C=O) groups is 1. The van der Waals surface area contributed by atoms with Gasteiger partial charge < -0.3 is 9.94 Å². The molecule has 0 saturated heterocycles. The van der Waals surface area contributed by atoms with E-state index in [4.69, 9.17) is 9.94 Å². The maximum absolute atomic E-state index is 10.8. The van der Waals surface area contributed by atoms with Crippen molar-refractivity contribution in [2.75, 3.05) is 0 Å². The Morgan fingerprint density at radius 1 is 1.79 bits per heavy atom. The average molecular weight is 211 g/mol. The summed E-state index contributed by atoms with van der Waals surface area (Å²) < 4.78 is 0. The molecule has 1 unspecified atom stereocenters. The minimum atomic E-state index is -1.20. The molecule has 74 valence electrons. The molecule has 1 atom stereocenters. The maximum Gasteiger partial charge on any atom is 0.351 e. The summed E-state index contributed by atoms with van der Waals surface area (Å²) in [4.78, 5) is 16.7. The molecule has 0 spiro atoms. The monoisotopic (exact) mass is 211 g/mol. The Labute approximate surface area is 84.8 Å². The molecule has 2 rings (SSSR count). The lowest BCUT2D eigenvalue weighted by Gasteiger charge is -2.14. The van der Waals surface area contributed by atoms with Crippen LogP contribution in [-0.4, -0.2) is 22.4 Å². The van der Waals surface area contributed by atoms with Gasteiger partial charge in [0.1, 0.15) is 5.71 Å². The first-order valence-electron chi connectivity index (χ1n) is 4.14. The number of hydrogen-bond donors (Lipinski definition) is 1. The maximum atomic E-state index is 10.8. The van der Waals surface area contributed by atoms with E-state index in [1.54, 1.807) is 0 Å². The third-order valence-electron chi connectivity index (χ3n) is 2.12. The number of rotatable bonds is 2. The lowest BCUT2D eigenvalue weighted by Crippen LogP contribution is -2.35. The van der Waals surface area contributed by atoms with Gasteiger partial charge in [0.25, 0.3) is 0 Å². The van der Waals surface area contributed by atoms with Crippen LogP contribution in [0.1, 0.15) is 18.2 Å². The van der Waals surface area contributed by atoms with Gasteiger partial charge in [-0.15, -0.1) is 11.3 Å². The Morgan fingerprint density at radius 3 is 3.07 bits per heavy atom. The second-order valence-electron chi connectivity index (χ2n) is 3.32. The van der Waals surface area contributed by atoms with Gasteiger partial charge in [-0.2, -0.15) is 0 Å². The molecule has 2 heterocycles. The summed E-state index contributed by atoms with van der Waals surface area (Å²) in [5.41, 5.74) is -0.482. The minimum absolute atomic E-state index is 0.322. The molecule has 0 radical (unpaired) electrons. The Hall–Kier alpha value is -1.36. The predicted octanol–water partition coefficient (Wildman–Crippen LogP) is 1.72. The SMILES string of the molecule is CC1(C(=O)O)CC(c2cccs2)=NO1. The van der Waals surface area contributed by atoms with Gasteiger partial charge in [0.2, 0.25) is 5.60 Å². The van der Waals surface area contributed by atoms with Crippen LogP contribution >= 0.6 is 11.3 Å². The van der Waals surface area contributed by atoms with Crippen molar-refractivity contribution in [1.29, 1.82) is 0 Å². The summed E-state index contributed by atoms with van der Waals surface area (Å²) in [6.45, 7) is 1.53. The summed E-state index contributed by atoms with van der Waals surface area (Å²) in [5, 5.41) is 14.6. The van der Waals surface area contributed by atoms with E-state index < -0.39 is 11.6 Å². The lowest BCUT2D eigenvalue weighted by molar-refractivity contribution is -0.160. The quantitative estimate of drug-likeness (QED) is 0.810. The van der Waals surface area contributed by atoms with E-state index >= 15 is 0 Å². The molecule has 1 aromatic heterocycles. The fraction of sp³-hybridized carbons (Fsp3) is 0.333. The summed E-state index contributed by atoms with van der Waals surface area (Å²) >= 11 is 1.53. The Morgan fingerprint density at radius 2 is 2.57 bits per heavy atom. The normalized spacial score (nSPS) is 25.6. The molecule has 0 bridgehead atoms. The lowest BCUT2D eigenvalue weighted by atomic mass is 10.00. The molecule has 1 aliphatic heterocycles. The summed E-state index contributed by atoms with van der Waals surface area (Å²) in [6.07, 6.45) is 0.322. The largest absolute Gasteiger partial charge is 0.478 e. The zero-order chi connectivity index (χ0) is 10.2. The highest BCUT2D eigenvalue weighted by atomic mass is 32.1. The van der Waals surface area contributed by atoms with E-state index in [0.29, 0.717) is 12.1 Å². The number of carboxylic acid groups (broad SMARTS) is 1. The summed E-state index contributed by atoms with van der Waals surface area (Å²) in [5.74, 6) is -0.979. The fourth-order valence-corrected chi connectivity index (χ4v) is 1.94. The molecule has 1 N–H and O–H groups in total. The summed E-state index contributed by atoms with van der Waals surface area (Å²) in [7, 11) is 0. The van der Waals surface area contributed by atoms with Crippen molar-refractivity contribution in [3.8, 4) is 0 Å². The topological polar surface area (TPSA) is 58.9 Å². The molecule has 5 heteroatoms. The van der Waals surface area contributed by atoms with Crippen molar-refractivity contribution in [2.45, 2.75) is 18.9 Å². The van der Waals surface area contributed by atoms with Gasteiger partial charge >= 0.3 is 5.97 Å². The van der Waals surface area contributed by atoms with Gasteiger partial charge in [0, 0.05) is 6.42 Å². The zero-order valence-electron chi connectivity index (χ0n) is 7.56. The molecule has 14 heavy (non-hydrogen) atoms. The number of oxime groups is 1. The number of thiophene rings is 1. The van der Waals surface area contributed by atoms with Crippen LogP contribution in [0.25, 0.3) is 0 Å². The Balaban J connectivity index is 2.19. The van der Waals surface area contributed by atoms with Crippen LogP contribution in [0.2, 0.25) is 0 Å². The van der Waals surface area contributed by atoms with Gasteiger partial charge in [0.15, 0.2) is 0 Å². The molecule has 1 aliphatic rings. The fourth-order valence-electron chi connectivity index (χ4n) is 1.23. The van der Waals surface area contributed by atoms with E-state index in [1.807, 2.05) is 17.5 Å². The van der Waals surface area contributed by atoms with Crippen LogP contribution < -0.4 is 0 Å². The van der Waals surface area contributed by atoms with Crippen molar-refractivity contribution >= 4 is 23.0 Å². The van der Waals surface area contributed by atoms with E-state index in [2.05, 4.69) is 5.16 Å². The molecule has 0 amide bonds. The smallest absolute Gasteiger partial charge is 0.351 e. The van der Waals surface area contributed by atoms with Crippen molar-refractivity contribution in [3.05, 3.63) is 22.4 Å². The van der Waals surface area contributed by atoms with E-state index in [9.17, 15) is 4.79 Å². The molecular formula is C9H9NO3S. The van der Waals surface area contributed by atoms with Crippen LogP contribution in [0.15, 0.2) is 22.7 Å². The van der Waals surface area contributed by atoms with Crippen LogP contribution in [-0.2, 0) is 9.63 Å². The highest BCUT2D eigenvalue weighted by molar-refractivity contribution is 7.12. The van der Waals surface area contributed by atoms with Crippen LogP contribution in [0.5, 0.6) is 0 Å². The highest BCUT2D eigenvalue weighted by Crippen LogP contribution is 2.28. The first kappa shape index (κ1) is 9.21. The number of hydrogen-bond acceptors (Lipinski definition) is 4. The van der Waals surface area contributed by atoms with Crippen molar-refractivity contribution in [3.63, 3.8) is 0 Å². The Kier molecular flexibility index (Phi) is 2.03. The van der Waals surface area contributed by atoms with Gasteiger partial charge in [-0.25, -0.2) is 4.79 Å². The van der Waals surface area contributed by atoms with Gasteiger partial charge in [0.05, 0.1) is 4.88 Å². The second kappa shape index (κ2) is 3.09. The number of carboxylic acids is 1. The van der Waals surface area contributed by atoms with Crippen molar-refractivity contribution < 1.29 is 14.7 Å². The summed E-state index contributed by atoms with van der Waals surface area (Å²) in [6, 6.07) is 3.80. The standard InChI is InChI=1S/C9H9NO3S/c1-9(8(11)12)5-6(10-13-9)7-3-2-4-14-7/h2-4H,5H2,1H3,(H,11,12). The van der Waals surface area contributed by atoms with Crippen molar-refractivity contribution in [1.82, 2.24) is 0 Å². The second-order valence-corrected chi connectivity index (χ2v) is 4.27. The highest BCUT2D eigenvalue weighted by Gasteiger charge is 2.42. The van der Waals surface area contributed by atoms with E-state index in [0.717, 1.165) is 4.88 Å². The third kappa shape index (κ3) is 1.39. The number of nitrogens with zero attached hydrogens (tertiary/aromatic N) is 1. The minimum Gasteiger partial charge on any atom is -0.478 e. The van der Waals surface area contributed by atoms with Gasteiger partial charge in [-0.1, -0.05) is 11.2 Å². The number of aliphatic carboxylic acids is 1. The molecule has 4 nitrogen and oxygen atoms in total. The molecule has 0 aromatic carbocycles. The van der Waals surface area contributed by atoms with Crippen LogP contribution in [0.3, 0.4) is 0 Å². The van der Waals surface area contributed by atoms with Gasteiger partial charge in [-0.05, 0) is 18.4 Å². The molecule has 0 fully saturated rings. The van der Waals surface area contributed by atoms with Gasteiger partial charge in [-0.3, -0.25) is 0 Å². The van der Waals surface area contributed by atoms with E-state index in [-0.39, 0.29) is 0 Å². The first-order chi connectivity index (χ1) is 6.62. The Bertz CT molecular complexity index is 385. The average Bonchev–Trinajstić information content (AvgIpc) is 2.72. The molecular weight excluding hydrogens is 202 g/mol. The van der Waals surface area contributed by atoms with Crippen LogP contribution in [0, 0.1) is 0 Å². The molecule has 0 saturated carbocycles. The predicted molar refractivity (Wildman–Crippen MR) is 52.6 cm³/mol.